The van der Waals surface area contributed by atoms with Gasteiger partial charge in [-0.3, -0.25) is 0 Å². The van der Waals surface area contributed by atoms with Crippen LogP contribution in [0.1, 0.15) is 22.3 Å². The molecule has 0 unspecified atom stereocenters. The lowest BCUT2D eigenvalue weighted by molar-refractivity contribution is 1.46. The summed E-state index contributed by atoms with van der Waals surface area (Å²) in [6.07, 6.45) is 3.71. The van der Waals surface area contributed by atoms with E-state index in [-0.39, 0.29) is 0 Å². The fourth-order valence-electron chi connectivity index (χ4n) is 1.59. The molecule has 0 heterocycles. The Balaban J connectivity index is 0.000000180. The van der Waals surface area contributed by atoms with Crippen molar-refractivity contribution < 1.29 is 0 Å². The van der Waals surface area contributed by atoms with Gasteiger partial charge in [0.1, 0.15) is 0 Å². The van der Waals surface area contributed by atoms with E-state index in [0.717, 1.165) is 0 Å². The first kappa shape index (κ1) is 14.0. The van der Waals surface area contributed by atoms with Crippen LogP contribution in [-0.2, 0) is 0 Å². The van der Waals surface area contributed by atoms with Gasteiger partial charge in [0.2, 0.25) is 0 Å². The van der Waals surface area contributed by atoms with Gasteiger partial charge >= 0.3 is 0 Å². The number of rotatable bonds is 2. The molecule has 2 aromatic rings. The Bertz CT molecular complexity index is 472. The van der Waals surface area contributed by atoms with E-state index in [1.165, 1.54) is 22.3 Å². The predicted octanol–water partition coefficient (Wildman–Crippen LogP) is 5.28. The van der Waals surface area contributed by atoms with Gasteiger partial charge in [0.05, 0.1) is 0 Å². The van der Waals surface area contributed by atoms with Crippen molar-refractivity contribution in [2.24, 2.45) is 0 Å². The van der Waals surface area contributed by atoms with Crippen molar-refractivity contribution in [3.05, 3.63) is 83.9 Å². The van der Waals surface area contributed by atoms with E-state index in [1.807, 2.05) is 36.4 Å². The molecule has 0 saturated carbocycles. The highest BCUT2D eigenvalue weighted by molar-refractivity contribution is 5.48. The SMILES string of the molecule is C=Cc1cccc(C)c1.C=Cc1cccc(C)c1. The second-order valence-electron chi connectivity index (χ2n) is 4.24. The highest BCUT2D eigenvalue weighted by Gasteiger charge is 1.83. The molecule has 2 aromatic carbocycles. The molecule has 0 radical (unpaired) electrons. The van der Waals surface area contributed by atoms with E-state index >= 15 is 0 Å². The van der Waals surface area contributed by atoms with Crippen LogP contribution < -0.4 is 0 Å². The van der Waals surface area contributed by atoms with Crippen LogP contribution in [0.25, 0.3) is 12.2 Å². The van der Waals surface area contributed by atoms with Gasteiger partial charge in [0, 0.05) is 0 Å². The highest BCUT2D eigenvalue weighted by Crippen LogP contribution is 2.04. The minimum absolute atomic E-state index is 1.19. The van der Waals surface area contributed by atoms with Crippen molar-refractivity contribution in [3.63, 3.8) is 0 Å². The third-order valence-electron chi connectivity index (χ3n) is 2.56. The van der Waals surface area contributed by atoms with E-state index in [9.17, 15) is 0 Å². The van der Waals surface area contributed by atoms with Crippen LogP contribution in [0.3, 0.4) is 0 Å². The molecule has 18 heavy (non-hydrogen) atoms. The smallest absolute Gasteiger partial charge is 0.0260 e. The van der Waals surface area contributed by atoms with E-state index in [1.54, 1.807) is 0 Å². The zero-order chi connectivity index (χ0) is 13.4. The summed E-state index contributed by atoms with van der Waals surface area (Å²) in [7, 11) is 0. The summed E-state index contributed by atoms with van der Waals surface area (Å²) in [5.41, 5.74) is 4.95. The Morgan fingerprint density at radius 3 is 1.33 bits per heavy atom. The third kappa shape index (κ3) is 4.84. The first-order chi connectivity index (χ1) is 8.65. The number of aryl methyl sites for hydroxylation is 2. The molecular weight excluding hydrogens is 216 g/mol. The summed E-state index contributed by atoms with van der Waals surface area (Å²) in [5.74, 6) is 0. The van der Waals surface area contributed by atoms with Crippen LogP contribution in [0.5, 0.6) is 0 Å². The van der Waals surface area contributed by atoms with Gasteiger partial charge in [-0.1, -0.05) is 85.0 Å². The molecule has 0 aliphatic carbocycles. The maximum Gasteiger partial charge on any atom is -0.0260 e. The van der Waals surface area contributed by atoms with Gasteiger partial charge < -0.3 is 0 Å². The lowest BCUT2D eigenvalue weighted by Crippen LogP contribution is -1.72. The largest absolute Gasteiger partial charge is 0.0985 e. The van der Waals surface area contributed by atoms with Gasteiger partial charge in [-0.05, 0) is 25.0 Å². The number of hydrogen-bond donors (Lipinski definition) is 0. The lowest BCUT2D eigenvalue weighted by Gasteiger charge is -1.92. The number of hydrogen-bond acceptors (Lipinski definition) is 0. The molecule has 0 N–H and O–H groups in total. The van der Waals surface area contributed by atoms with Gasteiger partial charge in [-0.15, -0.1) is 0 Å². The Hall–Kier alpha value is -2.08. The summed E-state index contributed by atoms with van der Waals surface area (Å²) >= 11 is 0. The maximum absolute atomic E-state index is 3.67. The highest BCUT2D eigenvalue weighted by atomic mass is 13.9. The van der Waals surface area contributed by atoms with Gasteiger partial charge in [-0.2, -0.15) is 0 Å². The second kappa shape index (κ2) is 7.29. The molecule has 0 aromatic heterocycles. The molecule has 0 nitrogen and oxygen atoms in total. The average molecular weight is 236 g/mol. The standard InChI is InChI=1S/2C9H10/c2*1-3-9-6-4-5-8(2)7-9/h2*3-7H,1H2,2H3. The van der Waals surface area contributed by atoms with Gasteiger partial charge in [0.25, 0.3) is 0 Å². The first-order valence-corrected chi connectivity index (χ1v) is 6.04. The van der Waals surface area contributed by atoms with Crippen LogP contribution >= 0.6 is 0 Å². The van der Waals surface area contributed by atoms with Gasteiger partial charge in [0.15, 0.2) is 0 Å². The van der Waals surface area contributed by atoms with Crippen molar-refractivity contribution in [1.82, 2.24) is 0 Å². The molecule has 0 aliphatic heterocycles. The minimum Gasteiger partial charge on any atom is -0.0985 e. The second-order valence-corrected chi connectivity index (χ2v) is 4.24. The first-order valence-electron chi connectivity index (χ1n) is 6.04. The third-order valence-corrected chi connectivity index (χ3v) is 2.56. The summed E-state index contributed by atoms with van der Waals surface area (Å²) < 4.78 is 0. The maximum atomic E-state index is 3.67. The van der Waals surface area contributed by atoms with E-state index in [0.29, 0.717) is 0 Å². The zero-order valence-electron chi connectivity index (χ0n) is 11.2. The molecule has 0 saturated heterocycles. The fourth-order valence-corrected chi connectivity index (χ4v) is 1.59. The molecule has 0 atom stereocenters. The molecule has 0 fully saturated rings. The fraction of sp³-hybridized carbons (Fsp3) is 0.111. The Kier molecular flexibility index (Phi) is 5.66. The summed E-state index contributed by atoms with van der Waals surface area (Å²) in [4.78, 5) is 0. The van der Waals surface area contributed by atoms with E-state index in [4.69, 9.17) is 0 Å². The monoisotopic (exact) mass is 236 g/mol. The molecule has 0 amide bonds. The predicted molar refractivity (Wildman–Crippen MR) is 82.5 cm³/mol. The average Bonchev–Trinajstić information content (AvgIpc) is 2.39. The minimum atomic E-state index is 1.19. The lowest BCUT2D eigenvalue weighted by atomic mass is 10.1. The van der Waals surface area contributed by atoms with Crippen molar-refractivity contribution >= 4 is 12.2 Å². The summed E-state index contributed by atoms with van der Waals surface area (Å²) in [6, 6.07) is 16.5. The zero-order valence-corrected chi connectivity index (χ0v) is 11.2. The Morgan fingerprint density at radius 2 is 1.11 bits per heavy atom. The van der Waals surface area contributed by atoms with Crippen molar-refractivity contribution in [2.45, 2.75) is 13.8 Å². The van der Waals surface area contributed by atoms with Crippen molar-refractivity contribution in [1.29, 1.82) is 0 Å². The molecule has 92 valence electrons. The van der Waals surface area contributed by atoms with Crippen LogP contribution in [0.4, 0.5) is 0 Å². The van der Waals surface area contributed by atoms with E-state index < -0.39 is 0 Å². The van der Waals surface area contributed by atoms with Crippen LogP contribution in [0, 0.1) is 13.8 Å². The van der Waals surface area contributed by atoms with Crippen LogP contribution in [0.2, 0.25) is 0 Å². The Labute approximate surface area is 110 Å². The van der Waals surface area contributed by atoms with Crippen LogP contribution in [-0.4, -0.2) is 0 Å². The van der Waals surface area contributed by atoms with Crippen molar-refractivity contribution in [2.75, 3.05) is 0 Å². The van der Waals surface area contributed by atoms with Crippen LogP contribution in [0.15, 0.2) is 61.7 Å². The molecule has 0 aliphatic rings. The Morgan fingerprint density at radius 1 is 0.722 bits per heavy atom. The topological polar surface area (TPSA) is 0 Å². The van der Waals surface area contributed by atoms with Crippen molar-refractivity contribution in [3.8, 4) is 0 Å². The van der Waals surface area contributed by atoms with E-state index in [2.05, 4.69) is 51.3 Å². The molecule has 0 heteroatoms. The quantitative estimate of drug-likeness (QED) is 0.665. The molecule has 0 spiro atoms. The number of benzene rings is 2. The normalized spacial score (nSPS) is 9.00. The molecule has 0 bridgehead atoms. The summed E-state index contributed by atoms with van der Waals surface area (Å²) in [5, 5.41) is 0. The van der Waals surface area contributed by atoms with Gasteiger partial charge in [-0.25, -0.2) is 0 Å². The molecular formula is C18H20. The molecule has 2 rings (SSSR count). The summed E-state index contributed by atoms with van der Waals surface area (Å²) in [6.45, 7) is 11.5.